The molecule has 2 fully saturated rings. The first kappa shape index (κ1) is 18.5. The summed E-state index contributed by atoms with van der Waals surface area (Å²) < 4.78 is 6.02. The molecule has 2 atom stereocenters. The molecule has 0 saturated carbocycles. The summed E-state index contributed by atoms with van der Waals surface area (Å²) in [6.45, 7) is 7.52. The highest BCUT2D eigenvalue weighted by atomic mass is 35.5. The Bertz CT molecular complexity index is 577. The minimum absolute atomic E-state index is 0.201. The first-order chi connectivity index (χ1) is 12.2. The van der Waals surface area contributed by atoms with Crippen LogP contribution in [-0.2, 0) is 11.3 Å². The third kappa shape index (κ3) is 5.09. The van der Waals surface area contributed by atoms with E-state index in [0.29, 0.717) is 12.6 Å². The van der Waals surface area contributed by atoms with E-state index in [2.05, 4.69) is 41.2 Å². The number of morpholine rings is 1. The highest BCUT2D eigenvalue weighted by Gasteiger charge is 2.32. The summed E-state index contributed by atoms with van der Waals surface area (Å²) in [5.41, 5.74) is 1.21. The summed E-state index contributed by atoms with van der Waals surface area (Å²) >= 11 is 5.97. The minimum Gasteiger partial charge on any atom is -0.373 e. The van der Waals surface area contributed by atoms with Crippen molar-refractivity contribution in [1.29, 1.82) is 0 Å². The van der Waals surface area contributed by atoms with Gasteiger partial charge < -0.3 is 15.0 Å². The van der Waals surface area contributed by atoms with Crippen molar-refractivity contribution >= 4 is 17.6 Å². The Labute approximate surface area is 156 Å². The van der Waals surface area contributed by atoms with E-state index in [1.807, 2.05) is 12.1 Å². The molecule has 0 bridgehead atoms. The summed E-state index contributed by atoms with van der Waals surface area (Å²) in [5, 5.41) is 4.15. The second-order valence-corrected chi connectivity index (χ2v) is 7.36. The Hall–Kier alpha value is -1.30. The number of hydrogen-bond acceptors (Lipinski definition) is 3. The second kappa shape index (κ2) is 8.88. The highest BCUT2D eigenvalue weighted by Crippen LogP contribution is 2.22. The fourth-order valence-corrected chi connectivity index (χ4v) is 3.72. The van der Waals surface area contributed by atoms with Crippen LogP contribution >= 0.6 is 11.6 Å². The largest absolute Gasteiger partial charge is 0.373 e. The molecule has 0 spiro atoms. The minimum atomic E-state index is 0.201. The maximum absolute atomic E-state index is 6.02. The lowest BCUT2D eigenvalue weighted by Crippen LogP contribution is -2.47. The van der Waals surface area contributed by atoms with Gasteiger partial charge in [0.25, 0.3) is 0 Å². The van der Waals surface area contributed by atoms with Crippen LogP contribution in [0.1, 0.15) is 25.3 Å². The van der Waals surface area contributed by atoms with Crippen LogP contribution in [0.3, 0.4) is 0 Å². The average molecular weight is 365 g/mol. The maximum Gasteiger partial charge on any atom is 0.194 e. The third-order valence-corrected chi connectivity index (χ3v) is 5.19. The van der Waals surface area contributed by atoms with Crippen LogP contribution in [0.4, 0.5) is 0 Å². The Morgan fingerprint density at radius 3 is 2.96 bits per heavy atom. The Balaban J connectivity index is 1.57. The first-order valence-electron chi connectivity index (χ1n) is 9.25. The molecule has 2 saturated heterocycles. The van der Waals surface area contributed by atoms with Crippen molar-refractivity contribution in [1.82, 2.24) is 15.1 Å². The third-order valence-electron chi connectivity index (χ3n) is 4.94. The van der Waals surface area contributed by atoms with E-state index in [4.69, 9.17) is 21.3 Å². The van der Waals surface area contributed by atoms with Gasteiger partial charge in [-0.2, -0.15) is 0 Å². The van der Waals surface area contributed by atoms with E-state index in [1.165, 1.54) is 24.9 Å². The van der Waals surface area contributed by atoms with E-state index in [-0.39, 0.29) is 6.10 Å². The Kier molecular flexibility index (Phi) is 6.57. The van der Waals surface area contributed by atoms with E-state index >= 15 is 0 Å². The fourth-order valence-electron chi connectivity index (χ4n) is 3.59. The molecule has 6 heteroatoms. The van der Waals surface area contributed by atoms with Crippen LogP contribution in [-0.4, -0.2) is 67.7 Å². The number of aliphatic imine (C=N–C) groups is 1. The number of benzene rings is 1. The average Bonchev–Trinajstić information content (AvgIpc) is 3.08. The van der Waals surface area contributed by atoms with Crippen molar-refractivity contribution < 1.29 is 4.74 Å². The summed E-state index contributed by atoms with van der Waals surface area (Å²) in [5.74, 6) is 0.921. The summed E-state index contributed by atoms with van der Waals surface area (Å²) in [7, 11) is 2.06. The normalized spacial score (nSPS) is 24.2. The molecule has 0 radical (unpaired) electrons. The number of ether oxygens (including phenoxy) is 1. The molecule has 0 aliphatic carbocycles. The van der Waals surface area contributed by atoms with Crippen LogP contribution in [0.5, 0.6) is 0 Å². The molecule has 138 valence electrons. The summed E-state index contributed by atoms with van der Waals surface area (Å²) in [4.78, 5) is 9.53. The number of nitrogens with one attached hydrogen (secondary N) is 1. The van der Waals surface area contributed by atoms with Gasteiger partial charge in [0.1, 0.15) is 0 Å². The number of hydrogen-bond donors (Lipinski definition) is 1. The molecule has 1 aromatic rings. The lowest BCUT2D eigenvalue weighted by molar-refractivity contribution is -0.0432. The molecular weight excluding hydrogens is 336 g/mol. The van der Waals surface area contributed by atoms with Gasteiger partial charge in [0.2, 0.25) is 0 Å². The Morgan fingerprint density at radius 1 is 1.40 bits per heavy atom. The Morgan fingerprint density at radius 2 is 2.20 bits per heavy atom. The standard InChI is InChI=1S/C19H29ClN4O/c1-3-21-19(23(2)12-15-6-8-16(20)9-7-15)22-11-18-13-24-10-4-5-17(24)14-25-18/h6-9,17-18H,3-5,10-14H2,1-2H3,(H,21,22). The molecule has 25 heavy (non-hydrogen) atoms. The molecule has 0 amide bonds. The van der Waals surface area contributed by atoms with Gasteiger partial charge in [0.15, 0.2) is 5.96 Å². The zero-order valence-electron chi connectivity index (χ0n) is 15.2. The SMILES string of the molecule is CCNC(=NCC1CN2CCCC2CO1)N(C)Cc1ccc(Cl)cc1. The lowest BCUT2D eigenvalue weighted by Gasteiger charge is -2.34. The van der Waals surface area contributed by atoms with Crippen LogP contribution in [0.15, 0.2) is 29.3 Å². The van der Waals surface area contributed by atoms with Gasteiger partial charge in [-0.05, 0) is 44.0 Å². The van der Waals surface area contributed by atoms with E-state index < -0.39 is 0 Å². The predicted octanol–water partition coefficient (Wildman–Crippen LogP) is 2.60. The quantitative estimate of drug-likeness (QED) is 0.644. The zero-order chi connectivity index (χ0) is 17.6. The van der Waals surface area contributed by atoms with Crippen molar-refractivity contribution in [2.75, 3.05) is 39.8 Å². The predicted molar refractivity (Wildman–Crippen MR) is 103 cm³/mol. The number of guanidine groups is 1. The van der Waals surface area contributed by atoms with Gasteiger partial charge >= 0.3 is 0 Å². The van der Waals surface area contributed by atoms with E-state index in [1.54, 1.807) is 0 Å². The molecular formula is C19H29ClN4O. The van der Waals surface area contributed by atoms with Crippen molar-refractivity contribution in [2.45, 2.75) is 38.5 Å². The fraction of sp³-hybridized carbons (Fsp3) is 0.632. The lowest BCUT2D eigenvalue weighted by atomic mass is 10.2. The zero-order valence-corrected chi connectivity index (χ0v) is 16.0. The van der Waals surface area contributed by atoms with Crippen LogP contribution < -0.4 is 5.32 Å². The number of fused-ring (bicyclic) bond motifs is 1. The van der Waals surface area contributed by atoms with E-state index in [0.717, 1.165) is 37.2 Å². The molecule has 2 unspecified atom stereocenters. The van der Waals surface area contributed by atoms with Gasteiger partial charge in [0, 0.05) is 37.7 Å². The smallest absolute Gasteiger partial charge is 0.194 e. The highest BCUT2D eigenvalue weighted by molar-refractivity contribution is 6.30. The van der Waals surface area contributed by atoms with E-state index in [9.17, 15) is 0 Å². The van der Waals surface area contributed by atoms with Crippen molar-refractivity contribution in [3.05, 3.63) is 34.9 Å². The summed E-state index contributed by atoms with van der Waals surface area (Å²) in [6.07, 6.45) is 2.78. The number of rotatable bonds is 5. The van der Waals surface area contributed by atoms with Crippen molar-refractivity contribution in [2.24, 2.45) is 4.99 Å². The molecule has 1 aromatic carbocycles. The maximum atomic E-state index is 6.02. The van der Waals surface area contributed by atoms with Crippen LogP contribution in [0, 0.1) is 0 Å². The van der Waals surface area contributed by atoms with Crippen molar-refractivity contribution in [3.63, 3.8) is 0 Å². The van der Waals surface area contributed by atoms with Gasteiger partial charge in [0.05, 0.1) is 19.3 Å². The molecule has 0 aromatic heterocycles. The van der Waals surface area contributed by atoms with Crippen LogP contribution in [0.25, 0.3) is 0 Å². The summed E-state index contributed by atoms with van der Waals surface area (Å²) in [6, 6.07) is 8.61. The molecule has 2 heterocycles. The molecule has 2 aliphatic heterocycles. The monoisotopic (exact) mass is 364 g/mol. The number of halogens is 1. The molecule has 3 rings (SSSR count). The molecule has 5 nitrogen and oxygen atoms in total. The topological polar surface area (TPSA) is 40.1 Å². The van der Waals surface area contributed by atoms with Gasteiger partial charge in [-0.15, -0.1) is 0 Å². The second-order valence-electron chi connectivity index (χ2n) is 6.92. The van der Waals surface area contributed by atoms with Gasteiger partial charge in [-0.3, -0.25) is 9.89 Å². The first-order valence-corrected chi connectivity index (χ1v) is 9.63. The van der Waals surface area contributed by atoms with Gasteiger partial charge in [-0.1, -0.05) is 23.7 Å². The molecule has 2 aliphatic rings. The number of nitrogens with zero attached hydrogens (tertiary/aromatic N) is 3. The van der Waals surface area contributed by atoms with Crippen molar-refractivity contribution in [3.8, 4) is 0 Å². The van der Waals surface area contributed by atoms with Gasteiger partial charge in [-0.25, -0.2) is 0 Å². The van der Waals surface area contributed by atoms with Crippen LogP contribution in [0.2, 0.25) is 5.02 Å². The molecule has 1 N–H and O–H groups in total.